The Hall–Kier alpha value is -0.0800. The molecule has 0 saturated carbocycles. The predicted molar refractivity (Wildman–Crippen MR) is 103 cm³/mol. The average molecular weight is 436 g/mol. The van der Waals surface area contributed by atoms with Crippen LogP contribution in [0.4, 0.5) is 0 Å². The van der Waals surface area contributed by atoms with Gasteiger partial charge in [0.15, 0.2) is 0 Å². The average Bonchev–Trinajstić information content (AvgIpc) is 2.56. The minimum absolute atomic E-state index is 0.353. The molecule has 2 rings (SSSR count). The van der Waals surface area contributed by atoms with Gasteiger partial charge in [0.1, 0.15) is 0 Å². The van der Waals surface area contributed by atoms with Crippen molar-refractivity contribution in [2.45, 2.75) is 46.0 Å². The summed E-state index contributed by atoms with van der Waals surface area (Å²) in [5.74, 6) is 1.75. The van der Waals surface area contributed by atoms with Crippen LogP contribution in [-0.2, 0) is 4.79 Å². The fourth-order valence-corrected chi connectivity index (χ4v) is 4.44. The highest BCUT2D eigenvalue weighted by molar-refractivity contribution is 14.1. The molecule has 6 heteroatoms. The van der Waals surface area contributed by atoms with Crippen molar-refractivity contribution in [3.05, 3.63) is 0 Å². The van der Waals surface area contributed by atoms with E-state index in [9.17, 15) is 4.79 Å². The number of nitrogens with zero attached hydrogens (tertiary/aromatic N) is 3. The third-order valence-electron chi connectivity index (χ3n) is 5.12. The molecule has 0 aromatic rings. The maximum Gasteiger partial charge on any atom is 0.222 e. The molecule has 2 aliphatic rings. The van der Waals surface area contributed by atoms with E-state index in [2.05, 4.69) is 21.9 Å². The maximum absolute atomic E-state index is 12.4. The molecule has 0 aromatic heterocycles. The molecule has 2 heterocycles. The molecule has 0 aliphatic carbocycles. The maximum atomic E-state index is 12.4. The van der Waals surface area contributed by atoms with E-state index in [1.807, 2.05) is 4.90 Å². The lowest BCUT2D eigenvalue weighted by Crippen LogP contribution is -2.46. The molecule has 134 valence electrons. The number of likely N-dealkylation sites (tertiary alicyclic amines) is 1. The number of halogens is 1. The molecule has 2 fully saturated rings. The normalized spacial score (nSPS) is 22.0. The molecule has 0 spiro atoms. The largest absolute Gasteiger partial charge is 0.340 e. The standard InChI is InChI=1S/C17H33IN4O/c1-15(2)4-3-7-20-8-5-16(6-9-20)14-17(23)21-10-12-22(18-19)13-11-21/h15-16,19H,3-14H2,1-2H3. The van der Waals surface area contributed by atoms with Crippen molar-refractivity contribution in [3.63, 3.8) is 0 Å². The van der Waals surface area contributed by atoms with Gasteiger partial charge in [0.05, 0.1) is 21.3 Å². The zero-order valence-electron chi connectivity index (χ0n) is 14.8. The summed E-state index contributed by atoms with van der Waals surface area (Å²) in [6.45, 7) is 11.7. The Kier molecular flexibility index (Phi) is 8.40. The lowest BCUT2D eigenvalue weighted by molar-refractivity contribution is -0.133. The van der Waals surface area contributed by atoms with E-state index in [0.717, 1.165) is 38.5 Å². The first-order chi connectivity index (χ1) is 11.1. The first-order valence-electron chi connectivity index (χ1n) is 9.14. The summed E-state index contributed by atoms with van der Waals surface area (Å²) in [5.41, 5.74) is 0. The van der Waals surface area contributed by atoms with E-state index in [1.165, 1.54) is 45.3 Å². The predicted octanol–water partition coefficient (Wildman–Crippen LogP) is 3.32. The molecule has 0 aromatic carbocycles. The smallest absolute Gasteiger partial charge is 0.222 e. The Morgan fingerprint density at radius 2 is 1.78 bits per heavy atom. The summed E-state index contributed by atoms with van der Waals surface area (Å²) in [6.07, 6.45) is 5.75. The van der Waals surface area contributed by atoms with Gasteiger partial charge < -0.3 is 9.80 Å². The van der Waals surface area contributed by atoms with Gasteiger partial charge in [-0.3, -0.25) is 8.36 Å². The minimum Gasteiger partial charge on any atom is -0.340 e. The second kappa shape index (κ2) is 10.0. The van der Waals surface area contributed by atoms with Crippen LogP contribution in [-0.4, -0.2) is 64.6 Å². The molecule has 1 amide bonds. The summed E-state index contributed by atoms with van der Waals surface area (Å²) in [5, 5.41) is 0. The van der Waals surface area contributed by atoms with Crippen LogP contribution >= 0.6 is 21.3 Å². The van der Waals surface area contributed by atoms with Crippen molar-refractivity contribution in [2.75, 3.05) is 45.8 Å². The highest BCUT2D eigenvalue weighted by atomic mass is 127. The van der Waals surface area contributed by atoms with Gasteiger partial charge in [0.25, 0.3) is 0 Å². The van der Waals surface area contributed by atoms with Crippen LogP contribution in [0.2, 0.25) is 0 Å². The Balaban J connectivity index is 1.62. The van der Waals surface area contributed by atoms with Crippen LogP contribution in [0.25, 0.3) is 0 Å². The zero-order chi connectivity index (χ0) is 16.7. The fourth-order valence-electron chi connectivity index (χ4n) is 3.53. The number of hydrogen-bond donors (Lipinski definition) is 1. The number of carbonyl (C=O) groups excluding carboxylic acids is 1. The Morgan fingerprint density at radius 1 is 1.13 bits per heavy atom. The number of piperazine rings is 1. The molecule has 2 aliphatic heterocycles. The second-order valence-corrected chi connectivity index (χ2v) is 9.25. The SMILES string of the molecule is CC(C)CCCN1CCC(CC(=O)N2CCN(I=N)CC2)CC1. The van der Waals surface area contributed by atoms with Gasteiger partial charge in [-0.25, -0.2) is 3.11 Å². The molecular weight excluding hydrogens is 403 g/mol. The van der Waals surface area contributed by atoms with Crippen molar-refractivity contribution in [1.29, 1.82) is 3.56 Å². The van der Waals surface area contributed by atoms with E-state index >= 15 is 0 Å². The number of hydrogen-bond acceptors (Lipinski definition) is 3. The number of amides is 1. The summed E-state index contributed by atoms with van der Waals surface area (Å²) < 4.78 is 9.70. The van der Waals surface area contributed by atoms with Gasteiger partial charge in [-0.05, 0) is 57.2 Å². The van der Waals surface area contributed by atoms with Gasteiger partial charge in [-0.1, -0.05) is 13.8 Å². The molecule has 0 radical (unpaired) electrons. The van der Waals surface area contributed by atoms with Crippen LogP contribution in [0.3, 0.4) is 0 Å². The molecule has 0 atom stereocenters. The Labute approximate surface area is 152 Å². The quantitative estimate of drug-likeness (QED) is 0.492. The van der Waals surface area contributed by atoms with Crippen molar-refractivity contribution < 1.29 is 4.79 Å². The molecule has 2 saturated heterocycles. The first-order valence-corrected chi connectivity index (χ1v) is 11.2. The number of rotatable bonds is 7. The summed E-state index contributed by atoms with van der Waals surface area (Å²) in [6, 6.07) is 0. The van der Waals surface area contributed by atoms with E-state index in [4.69, 9.17) is 3.56 Å². The van der Waals surface area contributed by atoms with Gasteiger partial charge in [-0.2, -0.15) is 0 Å². The van der Waals surface area contributed by atoms with Crippen molar-refractivity contribution in [2.24, 2.45) is 11.8 Å². The molecule has 1 N–H and O–H groups in total. The minimum atomic E-state index is -0.546. The van der Waals surface area contributed by atoms with Crippen LogP contribution in [0.5, 0.6) is 0 Å². The summed E-state index contributed by atoms with van der Waals surface area (Å²) in [7, 11) is 0. The van der Waals surface area contributed by atoms with Gasteiger partial charge in [0, 0.05) is 32.6 Å². The number of nitrogens with one attached hydrogen (secondary N) is 1. The molecule has 0 bridgehead atoms. The van der Waals surface area contributed by atoms with Gasteiger partial charge in [-0.15, -0.1) is 0 Å². The van der Waals surface area contributed by atoms with E-state index < -0.39 is 21.3 Å². The summed E-state index contributed by atoms with van der Waals surface area (Å²) >= 11 is -0.546. The van der Waals surface area contributed by atoms with Crippen LogP contribution < -0.4 is 0 Å². The highest BCUT2D eigenvalue weighted by Crippen LogP contribution is 2.23. The van der Waals surface area contributed by atoms with E-state index in [-0.39, 0.29) is 0 Å². The monoisotopic (exact) mass is 436 g/mol. The highest BCUT2D eigenvalue weighted by Gasteiger charge is 2.25. The first kappa shape index (κ1) is 19.2. The third-order valence-corrected chi connectivity index (χ3v) is 6.77. The number of carbonyl (C=O) groups is 1. The second-order valence-electron chi connectivity index (χ2n) is 7.40. The van der Waals surface area contributed by atoms with Crippen LogP contribution in [0, 0.1) is 15.4 Å². The lowest BCUT2D eigenvalue weighted by atomic mass is 9.92. The van der Waals surface area contributed by atoms with E-state index in [0.29, 0.717) is 11.8 Å². The van der Waals surface area contributed by atoms with Crippen LogP contribution in [0.1, 0.15) is 46.0 Å². The topological polar surface area (TPSA) is 50.6 Å². The lowest BCUT2D eigenvalue weighted by Gasteiger charge is -2.35. The third kappa shape index (κ3) is 6.74. The molecule has 0 unspecified atom stereocenters. The van der Waals surface area contributed by atoms with E-state index in [1.54, 1.807) is 0 Å². The number of piperidine rings is 1. The van der Waals surface area contributed by atoms with Gasteiger partial charge >= 0.3 is 0 Å². The fraction of sp³-hybridized carbons (Fsp3) is 0.941. The molecule has 5 nitrogen and oxygen atoms in total. The molecular formula is C17H33IN4O. The van der Waals surface area contributed by atoms with Gasteiger partial charge in [0.2, 0.25) is 5.91 Å². The van der Waals surface area contributed by atoms with Crippen molar-refractivity contribution in [3.8, 4) is 0 Å². The summed E-state index contributed by atoms with van der Waals surface area (Å²) in [4.78, 5) is 17.1. The zero-order valence-corrected chi connectivity index (χ0v) is 16.9. The molecule has 23 heavy (non-hydrogen) atoms. The van der Waals surface area contributed by atoms with Crippen LogP contribution in [0.15, 0.2) is 0 Å². The van der Waals surface area contributed by atoms with Crippen molar-refractivity contribution >= 4 is 27.2 Å². The Bertz CT molecular complexity index is 375. The Morgan fingerprint density at radius 3 is 2.35 bits per heavy atom. The van der Waals surface area contributed by atoms with Crippen molar-refractivity contribution in [1.82, 2.24) is 12.9 Å².